The molecule has 0 amide bonds. The van der Waals surface area contributed by atoms with Crippen molar-refractivity contribution in [3.8, 4) is 0 Å². The summed E-state index contributed by atoms with van der Waals surface area (Å²) in [5.41, 5.74) is 0. The molecule has 0 radical (unpaired) electrons. The van der Waals surface area contributed by atoms with Crippen LogP contribution < -0.4 is 5.32 Å². The molecule has 3 heteroatoms. The maximum absolute atomic E-state index is 9.01. The zero-order valence-electron chi connectivity index (χ0n) is 10.2. The van der Waals surface area contributed by atoms with E-state index in [-0.39, 0.29) is 6.61 Å². The Bertz CT molecular complexity index is 151. The molecule has 0 aliphatic rings. The Balaban J connectivity index is 4.15. The van der Waals surface area contributed by atoms with Gasteiger partial charge in [0.1, 0.15) is 0 Å². The molecule has 0 saturated carbocycles. The highest BCUT2D eigenvalue weighted by Gasteiger charge is 2.15. The fourth-order valence-electron chi connectivity index (χ4n) is 1.78. The number of likely N-dealkylation sites (N-methyl/N-ethyl adjacent to an activating group) is 1. The Morgan fingerprint density at radius 1 is 1.47 bits per heavy atom. The van der Waals surface area contributed by atoms with Gasteiger partial charge in [0, 0.05) is 25.7 Å². The zero-order chi connectivity index (χ0) is 11.5. The average Bonchev–Trinajstić information content (AvgIpc) is 2.24. The number of rotatable bonds is 10. The first-order valence-electron chi connectivity index (χ1n) is 5.96. The summed E-state index contributed by atoms with van der Waals surface area (Å²) in [4.78, 5) is 2.29. The second kappa shape index (κ2) is 10.1. The molecular formula is C12H26N2O. The molecule has 0 aromatic carbocycles. The lowest BCUT2D eigenvalue weighted by molar-refractivity contribution is 0.155. The predicted octanol–water partition coefficient (Wildman–Crippen LogP) is 1.24. The third-order valence-corrected chi connectivity index (χ3v) is 2.52. The van der Waals surface area contributed by atoms with E-state index >= 15 is 0 Å². The van der Waals surface area contributed by atoms with Crippen molar-refractivity contribution in [2.75, 3.05) is 32.8 Å². The van der Waals surface area contributed by atoms with Gasteiger partial charge in [-0.25, -0.2) is 0 Å². The van der Waals surface area contributed by atoms with Gasteiger partial charge in [0.15, 0.2) is 0 Å². The SMILES string of the molecule is C=CCN(CCO)C(CCC)CNCC. The van der Waals surface area contributed by atoms with E-state index in [1.54, 1.807) is 0 Å². The molecule has 90 valence electrons. The van der Waals surface area contributed by atoms with E-state index in [1.165, 1.54) is 12.8 Å². The van der Waals surface area contributed by atoms with Crippen LogP contribution in [0.1, 0.15) is 26.7 Å². The molecule has 2 N–H and O–H groups in total. The summed E-state index contributed by atoms with van der Waals surface area (Å²) in [5, 5.41) is 12.4. The largest absolute Gasteiger partial charge is 0.395 e. The van der Waals surface area contributed by atoms with E-state index in [4.69, 9.17) is 5.11 Å². The van der Waals surface area contributed by atoms with Gasteiger partial charge in [-0.3, -0.25) is 4.90 Å². The molecule has 0 aliphatic heterocycles. The van der Waals surface area contributed by atoms with Crippen LogP contribution in [0.3, 0.4) is 0 Å². The van der Waals surface area contributed by atoms with Gasteiger partial charge < -0.3 is 10.4 Å². The Morgan fingerprint density at radius 3 is 2.67 bits per heavy atom. The van der Waals surface area contributed by atoms with Crippen LogP contribution in [0.5, 0.6) is 0 Å². The van der Waals surface area contributed by atoms with E-state index < -0.39 is 0 Å². The fourth-order valence-corrected chi connectivity index (χ4v) is 1.78. The molecule has 3 nitrogen and oxygen atoms in total. The van der Waals surface area contributed by atoms with Crippen molar-refractivity contribution < 1.29 is 5.11 Å². The van der Waals surface area contributed by atoms with Crippen molar-refractivity contribution in [1.29, 1.82) is 0 Å². The third kappa shape index (κ3) is 6.66. The number of hydrogen-bond donors (Lipinski definition) is 2. The van der Waals surface area contributed by atoms with E-state index in [0.717, 1.165) is 26.2 Å². The lowest BCUT2D eigenvalue weighted by Gasteiger charge is -2.30. The van der Waals surface area contributed by atoms with Gasteiger partial charge in [0.25, 0.3) is 0 Å². The minimum absolute atomic E-state index is 0.222. The van der Waals surface area contributed by atoms with Crippen molar-refractivity contribution in [3.05, 3.63) is 12.7 Å². The topological polar surface area (TPSA) is 35.5 Å². The number of aliphatic hydroxyl groups is 1. The van der Waals surface area contributed by atoms with Gasteiger partial charge in [-0.15, -0.1) is 6.58 Å². The number of nitrogens with zero attached hydrogens (tertiary/aromatic N) is 1. The van der Waals surface area contributed by atoms with E-state index in [2.05, 4.69) is 30.6 Å². The lowest BCUT2D eigenvalue weighted by atomic mass is 10.1. The van der Waals surface area contributed by atoms with Crippen LogP contribution in [-0.2, 0) is 0 Å². The first-order chi connectivity index (χ1) is 7.29. The number of hydrogen-bond acceptors (Lipinski definition) is 3. The standard InChI is InChI=1S/C12H26N2O/c1-4-7-12(11-13-6-3)14(8-5-2)9-10-15/h5,12-13,15H,2,4,6-11H2,1,3H3. The van der Waals surface area contributed by atoms with E-state index in [9.17, 15) is 0 Å². The molecule has 0 bridgehead atoms. The molecule has 0 rings (SSSR count). The molecule has 0 aromatic heterocycles. The summed E-state index contributed by atoms with van der Waals surface area (Å²) in [7, 11) is 0. The molecule has 0 aromatic rings. The number of aliphatic hydroxyl groups excluding tert-OH is 1. The van der Waals surface area contributed by atoms with Crippen LogP contribution >= 0.6 is 0 Å². The maximum atomic E-state index is 9.01. The second-order valence-corrected chi connectivity index (χ2v) is 3.76. The van der Waals surface area contributed by atoms with Crippen LogP contribution in [-0.4, -0.2) is 48.8 Å². The molecule has 0 fully saturated rings. The molecular weight excluding hydrogens is 188 g/mol. The summed E-state index contributed by atoms with van der Waals surface area (Å²) in [6, 6.07) is 0.514. The van der Waals surface area contributed by atoms with Crippen LogP contribution in [0.15, 0.2) is 12.7 Å². The normalized spacial score (nSPS) is 13.1. The molecule has 0 heterocycles. The van der Waals surface area contributed by atoms with Crippen molar-refractivity contribution >= 4 is 0 Å². The Kier molecular flexibility index (Phi) is 9.89. The highest BCUT2D eigenvalue weighted by Crippen LogP contribution is 2.06. The molecule has 0 spiro atoms. The Hall–Kier alpha value is -0.380. The van der Waals surface area contributed by atoms with Gasteiger partial charge in [-0.2, -0.15) is 0 Å². The van der Waals surface area contributed by atoms with E-state index in [1.807, 2.05) is 6.08 Å². The van der Waals surface area contributed by atoms with Gasteiger partial charge >= 0.3 is 0 Å². The zero-order valence-corrected chi connectivity index (χ0v) is 10.2. The van der Waals surface area contributed by atoms with Crippen LogP contribution in [0.25, 0.3) is 0 Å². The highest BCUT2D eigenvalue weighted by molar-refractivity contribution is 4.80. The molecule has 0 aliphatic carbocycles. The fraction of sp³-hybridized carbons (Fsp3) is 0.833. The predicted molar refractivity (Wildman–Crippen MR) is 66.1 cm³/mol. The van der Waals surface area contributed by atoms with E-state index in [0.29, 0.717) is 6.04 Å². The Morgan fingerprint density at radius 2 is 2.20 bits per heavy atom. The summed E-state index contributed by atoms with van der Waals surface area (Å²) < 4.78 is 0. The van der Waals surface area contributed by atoms with Crippen LogP contribution in [0, 0.1) is 0 Å². The van der Waals surface area contributed by atoms with Crippen LogP contribution in [0.4, 0.5) is 0 Å². The second-order valence-electron chi connectivity index (χ2n) is 3.76. The third-order valence-electron chi connectivity index (χ3n) is 2.52. The molecule has 15 heavy (non-hydrogen) atoms. The maximum Gasteiger partial charge on any atom is 0.0558 e. The summed E-state index contributed by atoms with van der Waals surface area (Å²) in [6.45, 7) is 11.9. The van der Waals surface area contributed by atoms with Gasteiger partial charge in [-0.1, -0.05) is 26.3 Å². The first kappa shape index (κ1) is 14.6. The monoisotopic (exact) mass is 214 g/mol. The summed E-state index contributed by atoms with van der Waals surface area (Å²) in [5.74, 6) is 0. The summed E-state index contributed by atoms with van der Waals surface area (Å²) >= 11 is 0. The van der Waals surface area contributed by atoms with Crippen LogP contribution in [0.2, 0.25) is 0 Å². The van der Waals surface area contributed by atoms with Crippen molar-refractivity contribution in [2.24, 2.45) is 0 Å². The highest BCUT2D eigenvalue weighted by atomic mass is 16.3. The van der Waals surface area contributed by atoms with Gasteiger partial charge in [0.05, 0.1) is 6.61 Å². The minimum Gasteiger partial charge on any atom is -0.395 e. The molecule has 0 saturated heterocycles. The lowest BCUT2D eigenvalue weighted by Crippen LogP contribution is -2.43. The summed E-state index contributed by atoms with van der Waals surface area (Å²) in [6.07, 6.45) is 4.25. The molecule has 1 atom stereocenters. The van der Waals surface area contributed by atoms with Gasteiger partial charge in [-0.05, 0) is 13.0 Å². The van der Waals surface area contributed by atoms with Crippen molar-refractivity contribution in [3.63, 3.8) is 0 Å². The number of nitrogens with one attached hydrogen (secondary N) is 1. The quantitative estimate of drug-likeness (QED) is 0.537. The first-order valence-corrected chi connectivity index (χ1v) is 5.96. The van der Waals surface area contributed by atoms with Crippen molar-refractivity contribution in [2.45, 2.75) is 32.7 Å². The van der Waals surface area contributed by atoms with Crippen molar-refractivity contribution in [1.82, 2.24) is 10.2 Å². The van der Waals surface area contributed by atoms with Gasteiger partial charge in [0.2, 0.25) is 0 Å². The Labute approximate surface area is 94.2 Å². The smallest absolute Gasteiger partial charge is 0.0558 e. The molecule has 1 unspecified atom stereocenters. The minimum atomic E-state index is 0.222. The average molecular weight is 214 g/mol.